The van der Waals surface area contributed by atoms with Gasteiger partial charge in [-0.15, -0.1) is 12.3 Å². The van der Waals surface area contributed by atoms with Crippen LogP contribution in [0.3, 0.4) is 0 Å². The van der Waals surface area contributed by atoms with E-state index in [0.29, 0.717) is 0 Å². The van der Waals surface area contributed by atoms with Crippen molar-refractivity contribution in [3.63, 3.8) is 0 Å². The summed E-state index contributed by atoms with van der Waals surface area (Å²) in [4.78, 5) is 32.3. The van der Waals surface area contributed by atoms with Crippen molar-refractivity contribution in [3.05, 3.63) is 24.6 Å². The number of rotatable bonds is 4. The molecule has 0 heterocycles. The zero-order valence-corrected chi connectivity index (χ0v) is 14.0. The molecule has 0 bridgehead atoms. The molecule has 0 aliphatic heterocycles. The highest BCUT2D eigenvalue weighted by Crippen LogP contribution is 2.12. The summed E-state index contributed by atoms with van der Waals surface area (Å²) in [6.07, 6.45) is 0. The Labute approximate surface area is 110 Å². The molecule has 8 heteroatoms. The van der Waals surface area contributed by atoms with Crippen molar-refractivity contribution in [1.82, 2.24) is 0 Å². The minimum Gasteiger partial charge on any atom is -0.452 e. The van der Waals surface area contributed by atoms with Crippen molar-refractivity contribution in [1.29, 1.82) is 0 Å². The van der Waals surface area contributed by atoms with E-state index in [4.69, 9.17) is 13.3 Å². The standard InChI is InChI=1S/C8H12O6Si.C2H6Si/c1-5-15(12-6(2)9,13-7(3)10)14-8(4)11;1-2-3/h5H,1H2,2-4H3;2H,1H2,3H3. The zero-order valence-electron chi connectivity index (χ0n) is 11.0. The molecule has 0 N–H and O–H groups in total. The Balaban J connectivity index is 0. The maximum absolute atomic E-state index is 10.8. The normalized spacial score (nSPS) is 9.28. The van der Waals surface area contributed by atoms with Gasteiger partial charge in [0, 0.05) is 36.7 Å². The molecule has 0 aromatic heterocycles. The molecule has 0 unspecified atom stereocenters. The maximum Gasteiger partial charge on any atom is 0.734 e. The molecule has 0 saturated carbocycles. The fraction of sp³-hybridized carbons (Fsp3) is 0.300. The molecule has 0 amide bonds. The molecule has 0 aliphatic carbocycles. The second kappa shape index (κ2) is 9.36. The third kappa shape index (κ3) is 9.54. The van der Waals surface area contributed by atoms with Crippen molar-refractivity contribution < 1.29 is 27.7 Å². The molecule has 0 radical (unpaired) electrons. The summed E-state index contributed by atoms with van der Waals surface area (Å²) in [6, 6.07) is 0. The quantitative estimate of drug-likeness (QED) is 0.669. The van der Waals surface area contributed by atoms with E-state index in [-0.39, 0.29) is 0 Å². The second-order valence-corrected chi connectivity index (χ2v) is 6.04. The molecule has 0 aromatic rings. The van der Waals surface area contributed by atoms with Gasteiger partial charge in [0.05, 0.1) is 0 Å². The largest absolute Gasteiger partial charge is 0.734 e. The molecule has 0 aromatic carbocycles. The van der Waals surface area contributed by atoms with E-state index in [1.165, 1.54) is 0 Å². The molecule has 0 rings (SSSR count). The van der Waals surface area contributed by atoms with Gasteiger partial charge >= 0.3 is 8.80 Å². The van der Waals surface area contributed by atoms with Crippen LogP contribution in [0.4, 0.5) is 0 Å². The summed E-state index contributed by atoms with van der Waals surface area (Å²) >= 11 is 0. The van der Waals surface area contributed by atoms with E-state index in [9.17, 15) is 14.4 Å². The summed E-state index contributed by atoms with van der Waals surface area (Å²) < 4.78 is 14.1. The zero-order chi connectivity index (χ0) is 14.8. The first kappa shape index (κ1) is 18.7. The molecule has 6 nitrogen and oxygen atoms in total. The fourth-order valence-corrected chi connectivity index (χ4v) is 2.37. The maximum atomic E-state index is 10.8. The van der Waals surface area contributed by atoms with E-state index >= 15 is 0 Å². The predicted molar refractivity (Wildman–Crippen MR) is 71.4 cm³/mol. The predicted octanol–water partition coefficient (Wildman–Crippen LogP) is -0.165. The van der Waals surface area contributed by atoms with Gasteiger partial charge in [0.2, 0.25) is 0 Å². The first-order chi connectivity index (χ1) is 8.22. The molecule has 0 fully saturated rings. The van der Waals surface area contributed by atoms with E-state index in [1.807, 2.05) is 5.70 Å². The van der Waals surface area contributed by atoms with Crippen molar-refractivity contribution >= 4 is 37.0 Å². The lowest BCUT2D eigenvalue weighted by Crippen LogP contribution is -2.47. The Bertz CT molecular complexity index is 298. The fourth-order valence-electron chi connectivity index (χ4n) is 0.789. The number of hydrogen-bond acceptors (Lipinski definition) is 6. The highest BCUT2D eigenvalue weighted by molar-refractivity contribution is 6.70. The second-order valence-electron chi connectivity index (χ2n) is 3.00. The van der Waals surface area contributed by atoms with Crippen molar-refractivity contribution in [2.75, 3.05) is 0 Å². The molecule has 0 aliphatic rings. The SMILES string of the molecule is C=C[SiH3].C=C[Si](OC(C)=O)(OC(C)=O)OC(C)=O. The first-order valence-electron chi connectivity index (χ1n) is 5.02. The van der Waals surface area contributed by atoms with Crippen molar-refractivity contribution in [3.8, 4) is 0 Å². The van der Waals surface area contributed by atoms with Crippen LogP contribution in [0, 0.1) is 0 Å². The molecular formula is C10H18O6Si2. The average Bonchev–Trinajstić information content (AvgIpc) is 2.15. The van der Waals surface area contributed by atoms with Crippen LogP contribution in [-0.2, 0) is 27.7 Å². The summed E-state index contributed by atoms with van der Waals surface area (Å²) in [6.45, 7) is 10.1. The molecule has 102 valence electrons. The topological polar surface area (TPSA) is 78.9 Å². The highest BCUT2D eigenvalue weighted by Gasteiger charge is 2.48. The molecule has 0 saturated heterocycles. The Morgan fingerprint density at radius 1 is 0.944 bits per heavy atom. The van der Waals surface area contributed by atoms with Crippen LogP contribution in [-0.4, -0.2) is 37.0 Å². The van der Waals surface area contributed by atoms with Gasteiger partial charge in [-0.1, -0.05) is 6.58 Å². The van der Waals surface area contributed by atoms with Gasteiger partial charge in [-0.25, -0.2) is 0 Å². The summed E-state index contributed by atoms with van der Waals surface area (Å²) in [7, 11) is -2.61. The Hall–Kier alpha value is -1.68. The number of hydrogen-bond donors (Lipinski definition) is 0. The van der Waals surface area contributed by atoms with Crippen LogP contribution in [0.5, 0.6) is 0 Å². The van der Waals surface area contributed by atoms with Crippen molar-refractivity contribution in [2.24, 2.45) is 0 Å². The third-order valence-corrected chi connectivity index (χ3v) is 3.32. The Morgan fingerprint density at radius 3 is 1.28 bits per heavy atom. The number of carbonyl (C=O) groups excluding carboxylic acids is 3. The molecule has 0 spiro atoms. The van der Waals surface area contributed by atoms with Crippen LogP contribution in [0.25, 0.3) is 0 Å². The lowest BCUT2D eigenvalue weighted by Gasteiger charge is -2.22. The van der Waals surface area contributed by atoms with Gasteiger partial charge in [0.25, 0.3) is 17.9 Å². The monoisotopic (exact) mass is 290 g/mol. The molecule has 0 atom stereocenters. The van der Waals surface area contributed by atoms with Crippen LogP contribution in [0.2, 0.25) is 0 Å². The minimum atomic E-state index is -3.74. The van der Waals surface area contributed by atoms with Gasteiger partial charge in [-0.3, -0.25) is 14.4 Å². The van der Waals surface area contributed by atoms with E-state index in [0.717, 1.165) is 36.7 Å². The average molecular weight is 290 g/mol. The summed E-state index contributed by atoms with van der Waals surface area (Å²) in [5.41, 5.74) is 2.93. The van der Waals surface area contributed by atoms with E-state index < -0.39 is 26.7 Å². The summed E-state index contributed by atoms with van der Waals surface area (Å²) in [5.74, 6) is -2.16. The smallest absolute Gasteiger partial charge is 0.452 e. The van der Waals surface area contributed by atoms with Crippen LogP contribution in [0.15, 0.2) is 24.6 Å². The summed E-state index contributed by atoms with van der Waals surface area (Å²) in [5, 5.41) is 0. The van der Waals surface area contributed by atoms with E-state index in [2.05, 4.69) is 13.2 Å². The Kier molecular flexibility index (Phi) is 9.72. The number of carbonyl (C=O) groups is 3. The van der Waals surface area contributed by atoms with Gasteiger partial charge in [-0.05, 0) is 0 Å². The van der Waals surface area contributed by atoms with Gasteiger partial charge in [0.15, 0.2) is 0 Å². The van der Waals surface area contributed by atoms with Crippen LogP contribution in [0.1, 0.15) is 20.8 Å². The van der Waals surface area contributed by atoms with Crippen molar-refractivity contribution in [2.45, 2.75) is 20.8 Å². The first-order valence-corrected chi connectivity index (χ1v) is 7.98. The lowest BCUT2D eigenvalue weighted by molar-refractivity contribution is -0.146. The highest BCUT2D eigenvalue weighted by atomic mass is 28.4. The molecular weight excluding hydrogens is 272 g/mol. The van der Waals surface area contributed by atoms with Gasteiger partial charge in [0.1, 0.15) is 0 Å². The minimum absolute atomic E-state index is 0.718. The lowest BCUT2D eigenvalue weighted by atomic mass is 10.9. The van der Waals surface area contributed by atoms with Crippen LogP contribution >= 0.6 is 0 Å². The molecule has 18 heavy (non-hydrogen) atoms. The third-order valence-electron chi connectivity index (χ3n) is 1.11. The van der Waals surface area contributed by atoms with Gasteiger partial charge < -0.3 is 13.3 Å². The van der Waals surface area contributed by atoms with E-state index in [1.54, 1.807) is 0 Å². The van der Waals surface area contributed by atoms with Gasteiger partial charge in [-0.2, -0.15) is 0 Å². The van der Waals surface area contributed by atoms with Crippen LogP contribution < -0.4 is 0 Å². The Morgan fingerprint density at radius 2 is 1.17 bits per heavy atom.